The Kier molecular flexibility index (Phi) is 4.08. The van der Waals surface area contributed by atoms with Crippen molar-refractivity contribution in [1.29, 1.82) is 0 Å². The Bertz CT molecular complexity index is 856. The van der Waals surface area contributed by atoms with Crippen LogP contribution in [0.1, 0.15) is 24.0 Å². The predicted octanol–water partition coefficient (Wildman–Crippen LogP) is 3.00. The molecular weight excluding hydrogens is 332 g/mol. The van der Waals surface area contributed by atoms with E-state index in [1.165, 1.54) is 5.56 Å². The van der Waals surface area contributed by atoms with Gasteiger partial charge in [0.05, 0.1) is 11.4 Å². The first-order chi connectivity index (χ1) is 12.0. The third-order valence-corrected chi connectivity index (χ3v) is 7.36. The summed E-state index contributed by atoms with van der Waals surface area (Å²) < 4.78 is 28.0. The van der Waals surface area contributed by atoms with Crippen molar-refractivity contribution in [3.63, 3.8) is 0 Å². The van der Waals surface area contributed by atoms with Crippen LogP contribution in [0.3, 0.4) is 0 Å². The predicted molar refractivity (Wildman–Crippen MR) is 101 cm³/mol. The van der Waals surface area contributed by atoms with Gasteiger partial charge in [-0.1, -0.05) is 48.5 Å². The lowest BCUT2D eigenvalue weighted by molar-refractivity contribution is 0.198. The van der Waals surface area contributed by atoms with Gasteiger partial charge in [-0.05, 0) is 50.2 Å². The molecular formula is C20H24N2O2S. The fourth-order valence-electron chi connectivity index (χ4n) is 4.17. The number of fused-ring (bicyclic) bond motifs is 2. The van der Waals surface area contributed by atoms with Crippen molar-refractivity contribution in [2.75, 3.05) is 31.0 Å². The number of piperidine rings is 1. The van der Waals surface area contributed by atoms with Gasteiger partial charge in [-0.25, -0.2) is 8.42 Å². The number of para-hydroxylation sites is 1. The molecule has 2 heterocycles. The maximum absolute atomic E-state index is 13.2. The zero-order valence-corrected chi connectivity index (χ0v) is 15.4. The van der Waals surface area contributed by atoms with Crippen LogP contribution in [0.15, 0.2) is 54.6 Å². The van der Waals surface area contributed by atoms with Crippen LogP contribution < -0.4 is 4.31 Å². The minimum atomic E-state index is -3.40. The molecule has 2 aliphatic heterocycles. The Balaban J connectivity index is 1.69. The molecule has 2 aliphatic rings. The number of hydrogen-bond donors (Lipinski definition) is 0. The molecule has 2 aromatic carbocycles. The minimum Gasteiger partial charge on any atom is -0.306 e. The molecule has 0 atom stereocenters. The summed E-state index contributed by atoms with van der Waals surface area (Å²) in [4.78, 5) is 2.33. The molecule has 25 heavy (non-hydrogen) atoms. The van der Waals surface area contributed by atoms with E-state index in [1.54, 1.807) is 4.31 Å². The van der Waals surface area contributed by atoms with Gasteiger partial charge in [0.15, 0.2) is 0 Å². The smallest absolute Gasteiger partial charge is 0.239 e. The van der Waals surface area contributed by atoms with Crippen molar-refractivity contribution in [3.05, 3.63) is 65.7 Å². The number of sulfonamides is 1. The highest BCUT2D eigenvalue weighted by Gasteiger charge is 2.47. The molecule has 4 rings (SSSR count). The van der Waals surface area contributed by atoms with Gasteiger partial charge in [0.25, 0.3) is 0 Å². The van der Waals surface area contributed by atoms with Gasteiger partial charge in [-0.2, -0.15) is 0 Å². The largest absolute Gasteiger partial charge is 0.306 e. The number of hydrogen-bond acceptors (Lipinski definition) is 3. The van der Waals surface area contributed by atoms with Crippen molar-refractivity contribution >= 4 is 15.7 Å². The average Bonchev–Trinajstić information content (AvgIpc) is 2.94. The zero-order chi connectivity index (χ0) is 17.5. The Labute approximate surface area is 150 Å². The topological polar surface area (TPSA) is 40.6 Å². The standard InChI is InChI=1S/C20H24N2O2S/c1-21-13-11-20(12-14-21)16-22(19-10-6-5-9-18(19)20)25(23,24)15-17-7-3-2-4-8-17/h2-10H,11-16H2,1H3. The molecule has 1 fully saturated rings. The van der Waals surface area contributed by atoms with E-state index in [4.69, 9.17) is 0 Å². The zero-order valence-electron chi connectivity index (χ0n) is 14.6. The highest BCUT2D eigenvalue weighted by molar-refractivity contribution is 7.92. The number of rotatable bonds is 3. The normalized spacial score (nSPS) is 20.0. The molecule has 0 N–H and O–H groups in total. The van der Waals surface area contributed by atoms with Crippen molar-refractivity contribution < 1.29 is 8.42 Å². The fraction of sp³-hybridized carbons (Fsp3) is 0.400. The Morgan fingerprint density at radius 3 is 2.32 bits per heavy atom. The quantitative estimate of drug-likeness (QED) is 0.849. The van der Waals surface area contributed by atoms with Gasteiger partial charge in [0, 0.05) is 12.0 Å². The maximum atomic E-state index is 13.2. The van der Waals surface area contributed by atoms with Crippen molar-refractivity contribution in [1.82, 2.24) is 4.90 Å². The van der Waals surface area contributed by atoms with Crippen LogP contribution in [0.5, 0.6) is 0 Å². The Morgan fingerprint density at radius 1 is 0.960 bits per heavy atom. The van der Waals surface area contributed by atoms with Crippen LogP contribution in [0.2, 0.25) is 0 Å². The van der Waals surface area contributed by atoms with Crippen LogP contribution in [0.25, 0.3) is 0 Å². The number of likely N-dealkylation sites (tertiary alicyclic amines) is 1. The van der Waals surface area contributed by atoms with E-state index in [2.05, 4.69) is 18.0 Å². The molecule has 0 amide bonds. The Morgan fingerprint density at radius 2 is 1.60 bits per heavy atom. The number of benzene rings is 2. The third-order valence-electron chi connectivity index (χ3n) is 5.66. The van der Waals surface area contributed by atoms with Gasteiger partial charge < -0.3 is 4.90 Å². The molecule has 4 nitrogen and oxygen atoms in total. The number of anilines is 1. The molecule has 0 aromatic heterocycles. The van der Waals surface area contributed by atoms with Crippen LogP contribution >= 0.6 is 0 Å². The summed E-state index contributed by atoms with van der Waals surface area (Å²) in [6.45, 7) is 2.61. The van der Waals surface area contributed by atoms with E-state index >= 15 is 0 Å². The van der Waals surface area contributed by atoms with Gasteiger partial charge in [-0.3, -0.25) is 4.31 Å². The molecule has 5 heteroatoms. The van der Waals surface area contributed by atoms with Gasteiger partial charge in [0.2, 0.25) is 10.0 Å². The van der Waals surface area contributed by atoms with Crippen LogP contribution in [0, 0.1) is 0 Å². The minimum absolute atomic E-state index is 0.0349. The molecule has 0 aliphatic carbocycles. The third kappa shape index (κ3) is 2.96. The summed E-state index contributed by atoms with van der Waals surface area (Å²) in [6, 6.07) is 17.5. The summed E-state index contributed by atoms with van der Waals surface area (Å²) in [5, 5.41) is 0. The first kappa shape index (κ1) is 16.6. The van der Waals surface area contributed by atoms with Crippen molar-refractivity contribution in [3.8, 4) is 0 Å². The van der Waals surface area contributed by atoms with Gasteiger partial charge >= 0.3 is 0 Å². The second kappa shape index (κ2) is 6.15. The highest BCUT2D eigenvalue weighted by Crippen LogP contribution is 2.48. The average molecular weight is 356 g/mol. The molecule has 0 saturated carbocycles. The van der Waals surface area contributed by atoms with E-state index in [9.17, 15) is 8.42 Å². The molecule has 132 valence electrons. The molecule has 0 radical (unpaired) electrons. The van der Waals surface area contributed by atoms with Crippen molar-refractivity contribution in [2.24, 2.45) is 0 Å². The van der Waals surface area contributed by atoms with Crippen LogP contribution in [-0.2, 0) is 21.2 Å². The summed E-state index contributed by atoms with van der Waals surface area (Å²) in [5.41, 5.74) is 2.89. The lowest BCUT2D eigenvalue weighted by atomic mass is 9.74. The van der Waals surface area contributed by atoms with Gasteiger partial charge in [0.1, 0.15) is 0 Å². The van der Waals surface area contributed by atoms with E-state index in [0.29, 0.717) is 6.54 Å². The first-order valence-corrected chi connectivity index (χ1v) is 10.4. The van der Waals surface area contributed by atoms with E-state index in [0.717, 1.165) is 37.2 Å². The summed E-state index contributed by atoms with van der Waals surface area (Å²) in [7, 11) is -1.26. The fourth-order valence-corrected chi connectivity index (χ4v) is 5.84. The molecule has 2 aromatic rings. The SMILES string of the molecule is CN1CCC2(CC1)CN(S(=O)(=O)Cc1ccccc1)c1ccccc12. The summed E-state index contributed by atoms with van der Waals surface area (Å²) >= 11 is 0. The van der Waals surface area contributed by atoms with Gasteiger partial charge in [-0.15, -0.1) is 0 Å². The lowest BCUT2D eigenvalue weighted by Crippen LogP contribution is -2.45. The summed E-state index contributed by atoms with van der Waals surface area (Å²) in [6.07, 6.45) is 2.02. The monoisotopic (exact) mass is 356 g/mol. The maximum Gasteiger partial charge on any atom is 0.239 e. The van der Waals surface area contributed by atoms with E-state index in [1.807, 2.05) is 48.5 Å². The van der Waals surface area contributed by atoms with E-state index in [-0.39, 0.29) is 11.2 Å². The van der Waals surface area contributed by atoms with Crippen LogP contribution in [0.4, 0.5) is 5.69 Å². The molecule has 1 saturated heterocycles. The van der Waals surface area contributed by atoms with E-state index < -0.39 is 10.0 Å². The second-order valence-electron chi connectivity index (χ2n) is 7.35. The first-order valence-electron chi connectivity index (χ1n) is 8.83. The number of nitrogens with zero attached hydrogens (tertiary/aromatic N) is 2. The summed E-state index contributed by atoms with van der Waals surface area (Å²) in [5.74, 6) is 0.0537. The highest BCUT2D eigenvalue weighted by atomic mass is 32.2. The molecule has 1 spiro atoms. The van der Waals surface area contributed by atoms with Crippen molar-refractivity contribution in [2.45, 2.75) is 24.0 Å². The Hall–Kier alpha value is -1.85. The van der Waals surface area contributed by atoms with Crippen LogP contribution in [-0.4, -0.2) is 40.0 Å². The molecule has 0 bridgehead atoms. The molecule has 0 unspecified atom stereocenters. The second-order valence-corrected chi connectivity index (χ2v) is 9.24. The lowest BCUT2D eigenvalue weighted by Gasteiger charge is -2.38.